The first-order valence-electron chi connectivity index (χ1n) is 12.2. The van der Waals surface area contributed by atoms with E-state index >= 15 is 0 Å². The van der Waals surface area contributed by atoms with Crippen LogP contribution in [0, 0.1) is 31.4 Å². The van der Waals surface area contributed by atoms with Gasteiger partial charge in [-0.2, -0.15) is 0 Å². The highest BCUT2D eigenvalue weighted by Gasteiger charge is 2.30. The average molecular weight is 539 g/mol. The molecule has 0 aliphatic heterocycles. The number of nitrogens with zero attached hydrogens (tertiary/aromatic N) is 4. The SMILES string of the molecule is Cc1cnc(-n2cccc(C(C)C3CC3)c2=O)cc1-n1c(C)cc(OCc2ncc(F)cc2F)c(Cl)c1=O. The molecule has 0 bridgehead atoms. The highest BCUT2D eigenvalue weighted by atomic mass is 35.5. The van der Waals surface area contributed by atoms with Gasteiger partial charge < -0.3 is 4.74 Å². The van der Waals surface area contributed by atoms with E-state index in [0.29, 0.717) is 34.7 Å². The molecule has 0 amide bonds. The van der Waals surface area contributed by atoms with E-state index in [2.05, 4.69) is 16.9 Å². The van der Waals surface area contributed by atoms with Gasteiger partial charge in [0.15, 0.2) is 5.82 Å². The van der Waals surface area contributed by atoms with Gasteiger partial charge in [0.25, 0.3) is 11.1 Å². The van der Waals surface area contributed by atoms with Gasteiger partial charge in [-0.3, -0.25) is 23.7 Å². The van der Waals surface area contributed by atoms with E-state index in [0.717, 1.165) is 24.6 Å². The molecule has 10 heteroatoms. The summed E-state index contributed by atoms with van der Waals surface area (Å²) < 4.78 is 35.5. The molecule has 0 N–H and O–H groups in total. The maximum absolute atomic E-state index is 13.9. The predicted octanol–water partition coefficient (Wildman–Crippen LogP) is 5.42. The van der Waals surface area contributed by atoms with Gasteiger partial charge in [-0.05, 0) is 50.2 Å². The minimum absolute atomic E-state index is 0.0425. The summed E-state index contributed by atoms with van der Waals surface area (Å²) in [6, 6.07) is 7.61. The van der Waals surface area contributed by atoms with E-state index < -0.39 is 17.2 Å². The third-order valence-corrected chi connectivity index (χ3v) is 7.24. The number of aromatic nitrogens is 4. The molecule has 0 saturated heterocycles. The van der Waals surface area contributed by atoms with Crippen molar-refractivity contribution in [2.45, 2.75) is 46.1 Å². The molecule has 1 fully saturated rings. The van der Waals surface area contributed by atoms with Crippen molar-refractivity contribution in [1.29, 1.82) is 0 Å². The Labute approximate surface area is 222 Å². The first kappa shape index (κ1) is 25.8. The Hall–Kier alpha value is -3.85. The molecule has 4 aromatic rings. The monoisotopic (exact) mass is 538 g/mol. The van der Waals surface area contributed by atoms with Crippen LogP contribution in [-0.2, 0) is 6.61 Å². The summed E-state index contributed by atoms with van der Waals surface area (Å²) in [7, 11) is 0. The number of rotatable bonds is 7. The quantitative estimate of drug-likeness (QED) is 0.314. The fourth-order valence-electron chi connectivity index (χ4n) is 4.54. The second-order valence-electron chi connectivity index (χ2n) is 9.57. The molecule has 1 aliphatic rings. The highest BCUT2D eigenvalue weighted by Crippen LogP contribution is 2.41. The van der Waals surface area contributed by atoms with Crippen molar-refractivity contribution in [3.63, 3.8) is 0 Å². The van der Waals surface area contributed by atoms with E-state index in [-0.39, 0.29) is 34.6 Å². The summed E-state index contributed by atoms with van der Waals surface area (Å²) in [6.07, 6.45) is 6.39. The summed E-state index contributed by atoms with van der Waals surface area (Å²) in [5, 5.41) is -0.215. The van der Waals surface area contributed by atoms with E-state index in [4.69, 9.17) is 16.3 Å². The fourth-order valence-corrected chi connectivity index (χ4v) is 4.74. The molecule has 4 heterocycles. The molecule has 1 atom stereocenters. The number of ether oxygens (including phenoxy) is 1. The van der Waals surface area contributed by atoms with Gasteiger partial charge in [-0.25, -0.2) is 13.8 Å². The maximum atomic E-state index is 13.9. The van der Waals surface area contributed by atoms with Gasteiger partial charge in [0, 0.05) is 41.9 Å². The van der Waals surface area contributed by atoms with Crippen LogP contribution in [0.3, 0.4) is 0 Å². The number of pyridine rings is 4. The van der Waals surface area contributed by atoms with E-state index in [1.807, 2.05) is 12.1 Å². The van der Waals surface area contributed by atoms with E-state index in [1.165, 1.54) is 9.13 Å². The van der Waals surface area contributed by atoms with Crippen molar-refractivity contribution in [3.8, 4) is 17.3 Å². The van der Waals surface area contributed by atoms with Crippen LogP contribution in [-0.4, -0.2) is 19.1 Å². The lowest BCUT2D eigenvalue weighted by molar-refractivity contribution is 0.292. The van der Waals surface area contributed by atoms with Crippen molar-refractivity contribution in [2.24, 2.45) is 5.92 Å². The minimum atomic E-state index is -0.864. The van der Waals surface area contributed by atoms with Crippen LogP contribution in [0.2, 0.25) is 5.02 Å². The van der Waals surface area contributed by atoms with Gasteiger partial charge in [-0.15, -0.1) is 0 Å². The highest BCUT2D eigenvalue weighted by molar-refractivity contribution is 6.31. The molecule has 196 valence electrons. The lowest BCUT2D eigenvalue weighted by Crippen LogP contribution is -2.26. The zero-order chi connectivity index (χ0) is 27.1. The molecule has 0 spiro atoms. The van der Waals surface area contributed by atoms with Crippen molar-refractivity contribution in [3.05, 3.63) is 109 Å². The first-order chi connectivity index (χ1) is 18.2. The van der Waals surface area contributed by atoms with Crippen LogP contribution >= 0.6 is 11.6 Å². The summed E-state index contributed by atoms with van der Waals surface area (Å²) in [5.74, 6) is -0.561. The largest absolute Gasteiger partial charge is 0.485 e. The van der Waals surface area contributed by atoms with Gasteiger partial charge in [0.05, 0.1) is 11.9 Å². The van der Waals surface area contributed by atoms with E-state index in [9.17, 15) is 18.4 Å². The molecule has 0 aromatic carbocycles. The molecular formula is C28H25ClF2N4O3. The lowest BCUT2D eigenvalue weighted by Gasteiger charge is -2.17. The van der Waals surface area contributed by atoms with Crippen molar-refractivity contribution in [1.82, 2.24) is 19.1 Å². The second kappa shape index (κ2) is 10.1. The Morgan fingerprint density at radius 1 is 1.11 bits per heavy atom. The summed E-state index contributed by atoms with van der Waals surface area (Å²) >= 11 is 6.37. The molecule has 1 saturated carbocycles. The van der Waals surface area contributed by atoms with Crippen molar-refractivity contribution in [2.75, 3.05) is 0 Å². The second-order valence-corrected chi connectivity index (χ2v) is 9.95. The number of hydrogen-bond donors (Lipinski definition) is 0. The molecule has 1 unspecified atom stereocenters. The van der Waals surface area contributed by atoms with Gasteiger partial charge in [0.2, 0.25) is 0 Å². The summed E-state index contributed by atoms with van der Waals surface area (Å²) in [5.41, 5.74) is 1.61. The third-order valence-electron chi connectivity index (χ3n) is 6.89. The Balaban J connectivity index is 1.51. The van der Waals surface area contributed by atoms with Gasteiger partial charge >= 0.3 is 0 Å². The standard InChI is InChI=1S/C28H25ClF2N4O3/c1-15-12-33-25(34-8-4-5-20(27(34)36)17(3)18-6-7-18)11-23(15)35-16(2)9-24(26(29)28(35)37)38-14-22-21(31)10-19(30)13-32-22/h4-5,8-13,17-18H,6-7,14H2,1-3H3. The molecule has 38 heavy (non-hydrogen) atoms. The van der Waals surface area contributed by atoms with Crippen LogP contribution in [0.25, 0.3) is 11.5 Å². The van der Waals surface area contributed by atoms with Gasteiger partial charge in [0.1, 0.15) is 34.7 Å². The van der Waals surface area contributed by atoms with Crippen LogP contribution in [0.1, 0.15) is 48.2 Å². The normalized spacial score (nSPS) is 13.9. The molecule has 0 radical (unpaired) electrons. The Bertz CT molecular complexity index is 1660. The summed E-state index contributed by atoms with van der Waals surface area (Å²) in [4.78, 5) is 34.8. The average Bonchev–Trinajstić information content (AvgIpc) is 3.73. The molecule has 5 rings (SSSR count). The maximum Gasteiger partial charge on any atom is 0.277 e. The minimum Gasteiger partial charge on any atom is -0.485 e. The number of aryl methyl sites for hydroxylation is 2. The molecule has 1 aliphatic carbocycles. The number of halogens is 3. The first-order valence-corrected chi connectivity index (χ1v) is 12.6. The topological polar surface area (TPSA) is 79.0 Å². The third kappa shape index (κ3) is 4.86. The summed E-state index contributed by atoms with van der Waals surface area (Å²) in [6.45, 7) is 5.23. The van der Waals surface area contributed by atoms with Crippen LogP contribution in [0.15, 0.2) is 58.5 Å². The van der Waals surface area contributed by atoms with Crippen LogP contribution in [0.4, 0.5) is 8.78 Å². The van der Waals surface area contributed by atoms with Crippen LogP contribution < -0.4 is 15.9 Å². The van der Waals surface area contributed by atoms with Crippen LogP contribution in [0.5, 0.6) is 5.75 Å². The zero-order valence-electron chi connectivity index (χ0n) is 21.0. The van der Waals surface area contributed by atoms with E-state index in [1.54, 1.807) is 38.4 Å². The zero-order valence-corrected chi connectivity index (χ0v) is 21.8. The molecular weight excluding hydrogens is 514 g/mol. The predicted molar refractivity (Wildman–Crippen MR) is 140 cm³/mol. The van der Waals surface area contributed by atoms with Crippen molar-refractivity contribution < 1.29 is 13.5 Å². The smallest absolute Gasteiger partial charge is 0.277 e. The molecule has 4 aromatic heterocycles. The Morgan fingerprint density at radius 3 is 2.58 bits per heavy atom. The Morgan fingerprint density at radius 2 is 1.87 bits per heavy atom. The van der Waals surface area contributed by atoms with Crippen molar-refractivity contribution >= 4 is 11.6 Å². The molecule has 7 nitrogen and oxygen atoms in total. The Kier molecular flexibility index (Phi) is 6.88. The lowest BCUT2D eigenvalue weighted by atomic mass is 9.98. The van der Waals surface area contributed by atoms with Gasteiger partial charge in [-0.1, -0.05) is 24.6 Å². The number of hydrogen-bond acceptors (Lipinski definition) is 5. The fraction of sp³-hybridized carbons (Fsp3) is 0.286.